The summed E-state index contributed by atoms with van der Waals surface area (Å²) in [4.78, 5) is 9.19. The quantitative estimate of drug-likeness (QED) is 0.852. The van der Waals surface area contributed by atoms with E-state index in [-0.39, 0.29) is 0 Å². The third kappa shape index (κ3) is 3.69. The number of fused-ring (bicyclic) bond motifs is 1. The largest absolute Gasteiger partial charge is 0.492 e. The van der Waals surface area contributed by atoms with Crippen molar-refractivity contribution < 1.29 is 9.84 Å². The second kappa shape index (κ2) is 8.08. The summed E-state index contributed by atoms with van der Waals surface area (Å²) in [6.45, 7) is 7.11. The van der Waals surface area contributed by atoms with Gasteiger partial charge in [0.2, 0.25) is 0 Å². The highest BCUT2D eigenvalue weighted by atomic mass is 16.5. The first-order valence-electron chi connectivity index (χ1n) is 9.56. The number of hydrogen-bond acceptors (Lipinski definition) is 6. The van der Waals surface area contributed by atoms with Crippen LogP contribution in [0.1, 0.15) is 18.7 Å². The van der Waals surface area contributed by atoms with Crippen molar-refractivity contribution in [1.29, 1.82) is 0 Å². The number of benzene rings is 2. The first-order valence-corrected chi connectivity index (χ1v) is 9.56. The molecule has 1 unspecified atom stereocenters. The lowest BCUT2D eigenvalue weighted by atomic mass is 10.1. The van der Waals surface area contributed by atoms with Crippen LogP contribution < -0.4 is 15.0 Å². The van der Waals surface area contributed by atoms with Crippen molar-refractivity contribution in [3.63, 3.8) is 0 Å². The highest BCUT2D eigenvalue weighted by Gasteiger charge is 2.32. The van der Waals surface area contributed by atoms with Gasteiger partial charge in [0.1, 0.15) is 11.6 Å². The van der Waals surface area contributed by atoms with Crippen LogP contribution in [-0.2, 0) is 0 Å². The van der Waals surface area contributed by atoms with Crippen LogP contribution in [0.25, 0.3) is 0 Å². The molecule has 2 aromatic rings. The molecule has 0 aliphatic carbocycles. The molecule has 6 heteroatoms. The minimum absolute atomic E-state index is 0.571. The monoisotopic (exact) mass is 366 g/mol. The summed E-state index contributed by atoms with van der Waals surface area (Å²) < 4.78 is 5.83. The Morgan fingerprint density at radius 3 is 2.67 bits per heavy atom. The molecule has 1 saturated heterocycles. The Hall–Kier alpha value is -2.41. The SMILES string of the molecule is CCOc1ccccc1N1C(CN2CCNCC2)=Nc2ccccc2C1O. The molecular formula is C21H26N4O2. The molecule has 0 amide bonds. The normalized spacial score (nSPS) is 20.1. The molecule has 27 heavy (non-hydrogen) atoms. The van der Waals surface area contributed by atoms with Gasteiger partial charge in [-0.05, 0) is 25.1 Å². The Kier molecular flexibility index (Phi) is 5.38. The lowest BCUT2D eigenvalue weighted by Crippen LogP contribution is -2.50. The number of ether oxygens (including phenoxy) is 1. The van der Waals surface area contributed by atoms with Crippen LogP contribution in [0.4, 0.5) is 11.4 Å². The molecule has 6 nitrogen and oxygen atoms in total. The van der Waals surface area contributed by atoms with Crippen molar-refractivity contribution in [3.8, 4) is 5.75 Å². The topological polar surface area (TPSA) is 60.3 Å². The number of hydrogen-bond donors (Lipinski definition) is 2. The maximum atomic E-state index is 11.2. The van der Waals surface area contributed by atoms with Gasteiger partial charge >= 0.3 is 0 Å². The summed E-state index contributed by atoms with van der Waals surface area (Å²) in [7, 11) is 0. The third-order valence-corrected chi connectivity index (χ3v) is 4.99. The van der Waals surface area contributed by atoms with Gasteiger partial charge in [0.05, 0.1) is 24.5 Å². The Labute approximate surface area is 160 Å². The van der Waals surface area contributed by atoms with Gasteiger partial charge in [0.25, 0.3) is 0 Å². The molecule has 142 valence electrons. The van der Waals surface area contributed by atoms with E-state index in [1.807, 2.05) is 60.4 Å². The van der Waals surface area contributed by atoms with Gasteiger partial charge in [0, 0.05) is 31.7 Å². The highest BCUT2D eigenvalue weighted by Crippen LogP contribution is 2.40. The maximum Gasteiger partial charge on any atom is 0.160 e. The predicted octanol–water partition coefficient (Wildman–Crippen LogP) is 2.53. The number of aliphatic hydroxyl groups excluding tert-OH is 1. The van der Waals surface area contributed by atoms with E-state index in [4.69, 9.17) is 9.73 Å². The smallest absolute Gasteiger partial charge is 0.160 e. The van der Waals surface area contributed by atoms with Crippen LogP contribution >= 0.6 is 0 Å². The number of piperazine rings is 1. The van der Waals surface area contributed by atoms with E-state index in [9.17, 15) is 5.11 Å². The lowest BCUT2D eigenvalue weighted by molar-refractivity contribution is 0.182. The third-order valence-electron chi connectivity index (χ3n) is 4.99. The fourth-order valence-corrected chi connectivity index (χ4v) is 3.67. The van der Waals surface area contributed by atoms with E-state index < -0.39 is 6.23 Å². The van der Waals surface area contributed by atoms with Crippen molar-refractivity contribution in [1.82, 2.24) is 10.2 Å². The first-order chi connectivity index (χ1) is 13.3. The number of nitrogens with zero attached hydrogens (tertiary/aromatic N) is 3. The zero-order chi connectivity index (χ0) is 18.6. The second-order valence-corrected chi connectivity index (χ2v) is 6.76. The van der Waals surface area contributed by atoms with Crippen LogP contribution in [-0.4, -0.2) is 55.2 Å². The van der Waals surface area contributed by atoms with Gasteiger partial charge in [-0.2, -0.15) is 0 Å². The predicted molar refractivity (Wildman–Crippen MR) is 108 cm³/mol. The first kappa shape index (κ1) is 18.0. The van der Waals surface area contributed by atoms with Crippen molar-refractivity contribution in [3.05, 3.63) is 54.1 Å². The van der Waals surface area contributed by atoms with E-state index in [2.05, 4.69) is 10.2 Å². The van der Waals surface area contributed by atoms with Gasteiger partial charge < -0.3 is 15.2 Å². The van der Waals surface area contributed by atoms with Gasteiger partial charge in [0.15, 0.2) is 6.23 Å². The van der Waals surface area contributed by atoms with E-state index in [0.29, 0.717) is 13.2 Å². The lowest BCUT2D eigenvalue weighted by Gasteiger charge is -2.38. The molecule has 2 aliphatic heterocycles. The zero-order valence-electron chi connectivity index (χ0n) is 15.6. The average molecular weight is 366 g/mol. The molecule has 1 atom stereocenters. The molecule has 0 radical (unpaired) electrons. The molecule has 0 bridgehead atoms. The molecule has 4 rings (SSSR count). The number of para-hydroxylation sites is 3. The second-order valence-electron chi connectivity index (χ2n) is 6.76. The van der Waals surface area contributed by atoms with Gasteiger partial charge in [-0.25, -0.2) is 4.99 Å². The van der Waals surface area contributed by atoms with Gasteiger partial charge in [-0.1, -0.05) is 30.3 Å². The molecule has 2 N–H and O–H groups in total. The minimum atomic E-state index is -0.793. The molecule has 0 saturated carbocycles. The maximum absolute atomic E-state index is 11.2. The fourth-order valence-electron chi connectivity index (χ4n) is 3.67. The Morgan fingerprint density at radius 1 is 1.11 bits per heavy atom. The molecule has 2 heterocycles. The van der Waals surface area contributed by atoms with Crippen LogP contribution in [0.5, 0.6) is 5.75 Å². The standard InChI is InChI=1S/C21H26N4O2/c1-2-27-19-10-6-5-9-18(19)25-20(15-24-13-11-22-12-14-24)23-17-8-4-3-7-16(17)21(25)26/h3-10,21-22,26H,2,11-15H2,1H3. The molecule has 0 aromatic heterocycles. The molecule has 2 aliphatic rings. The van der Waals surface area contributed by atoms with Crippen molar-refractivity contribution in [2.75, 3.05) is 44.2 Å². The van der Waals surface area contributed by atoms with Crippen LogP contribution in [0.2, 0.25) is 0 Å². The zero-order valence-corrected chi connectivity index (χ0v) is 15.6. The average Bonchev–Trinajstić information content (AvgIpc) is 2.70. The summed E-state index contributed by atoms with van der Waals surface area (Å²) >= 11 is 0. The van der Waals surface area contributed by atoms with Crippen LogP contribution in [0.15, 0.2) is 53.5 Å². The number of amidine groups is 1. The Balaban J connectivity index is 1.75. The number of rotatable bonds is 5. The summed E-state index contributed by atoms with van der Waals surface area (Å²) in [6.07, 6.45) is -0.793. The van der Waals surface area contributed by atoms with E-state index in [0.717, 1.165) is 54.7 Å². The van der Waals surface area contributed by atoms with Crippen molar-refractivity contribution >= 4 is 17.2 Å². The summed E-state index contributed by atoms with van der Waals surface area (Å²) in [5.74, 6) is 1.60. The molecule has 1 fully saturated rings. The van der Waals surface area contributed by atoms with Crippen LogP contribution in [0.3, 0.4) is 0 Å². The van der Waals surface area contributed by atoms with E-state index in [1.54, 1.807) is 0 Å². The van der Waals surface area contributed by atoms with E-state index >= 15 is 0 Å². The van der Waals surface area contributed by atoms with Crippen molar-refractivity contribution in [2.24, 2.45) is 4.99 Å². The summed E-state index contributed by atoms with van der Waals surface area (Å²) in [6, 6.07) is 15.6. The van der Waals surface area contributed by atoms with Crippen LogP contribution in [0, 0.1) is 0 Å². The number of nitrogens with one attached hydrogen (secondary N) is 1. The minimum Gasteiger partial charge on any atom is -0.492 e. The Bertz CT molecular complexity index is 817. The molecule has 0 spiro atoms. The fraction of sp³-hybridized carbons (Fsp3) is 0.381. The van der Waals surface area contributed by atoms with E-state index in [1.165, 1.54) is 0 Å². The molecular weight excluding hydrogens is 340 g/mol. The highest BCUT2D eigenvalue weighted by molar-refractivity contribution is 6.03. The van der Waals surface area contributed by atoms with Crippen molar-refractivity contribution in [2.45, 2.75) is 13.2 Å². The van der Waals surface area contributed by atoms with Gasteiger partial charge in [-0.3, -0.25) is 9.80 Å². The molecule has 2 aromatic carbocycles. The van der Waals surface area contributed by atoms with Gasteiger partial charge in [-0.15, -0.1) is 0 Å². The Morgan fingerprint density at radius 2 is 1.85 bits per heavy atom. The summed E-state index contributed by atoms with van der Waals surface area (Å²) in [5, 5.41) is 14.6. The number of aliphatic hydroxyl groups is 1. The number of anilines is 1. The number of aliphatic imine (C=N–C) groups is 1. The summed E-state index contributed by atoms with van der Waals surface area (Å²) in [5.41, 5.74) is 2.49.